The quantitative estimate of drug-likeness (QED) is 0.516. The first kappa shape index (κ1) is 21.5. The Balaban J connectivity index is 1.32. The summed E-state index contributed by atoms with van der Waals surface area (Å²) in [6.07, 6.45) is 7.97. The van der Waals surface area contributed by atoms with E-state index in [1.54, 1.807) is 18.6 Å². The molecule has 0 spiro atoms. The summed E-state index contributed by atoms with van der Waals surface area (Å²) in [7, 11) is 0. The molecule has 4 rings (SSSR count). The maximum atomic E-state index is 12.9. The molecule has 1 atom stereocenters. The van der Waals surface area contributed by atoms with Crippen LogP contribution in [0.25, 0.3) is 11.5 Å². The van der Waals surface area contributed by atoms with Crippen molar-refractivity contribution < 1.29 is 9.32 Å². The average Bonchev–Trinajstić information content (AvgIpc) is 3.24. The van der Waals surface area contributed by atoms with Crippen molar-refractivity contribution >= 4 is 17.7 Å². The van der Waals surface area contributed by atoms with E-state index in [9.17, 15) is 4.79 Å². The van der Waals surface area contributed by atoms with Crippen LogP contribution in [0.5, 0.6) is 0 Å². The van der Waals surface area contributed by atoms with Gasteiger partial charge in [-0.1, -0.05) is 31.1 Å². The summed E-state index contributed by atoms with van der Waals surface area (Å²) in [6, 6.07) is 8.35. The Morgan fingerprint density at radius 1 is 1.26 bits per heavy atom. The summed E-state index contributed by atoms with van der Waals surface area (Å²) in [4.78, 5) is 28.8. The first-order chi connectivity index (χ1) is 15.1. The van der Waals surface area contributed by atoms with Gasteiger partial charge in [-0.3, -0.25) is 9.78 Å². The van der Waals surface area contributed by atoms with Crippen LogP contribution in [-0.2, 0) is 17.6 Å². The summed E-state index contributed by atoms with van der Waals surface area (Å²) in [5.74, 6) is 1.53. The summed E-state index contributed by atoms with van der Waals surface area (Å²) < 4.78 is 5.42. The maximum absolute atomic E-state index is 12.9. The summed E-state index contributed by atoms with van der Waals surface area (Å²) in [5, 5.41) is 4.57. The van der Waals surface area contributed by atoms with Crippen molar-refractivity contribution in [3.8, 4) is 11.5 Å². The van der Waals surface area contributed by atoms with Crippen LogP contribution in [-0.4, -0.2) is 49.3 Å². The lowest BCUT2D eigenvalue weighted by molar-refractivity contribution is -0.132. The Kier molecular flexibility index (Phi) is 6.96. The molecule has 1 saturated heterocycles. The Bertz CT molecular complexity index is 991. The third-order valence-electron chi connectivity index (χ3n) is 5.25. The smallest absolute Gasteiger partial charge is 0.227 e. The number of amides is 1. The number of hydrogen-bond acceptors (Lipinski definition) is 7. The molecule has 3 aromatic rings. The zero-order valence-corrected chi connectivity index (χ0v) is 18.7. The van der Waals surface area contributed by atoms with E-state index < -0.39 is 0 Å². The minimum Gasteiger partial charge on any atom is -0.342 e. The first-order valence-corrected chi connectivity index (χ1v) is 11.6. The van der Waals surface area contributed by atoms with E-state index in [0.29, 0.717) is 41.4 Å². The van der Waals surface area contributed by atoms with Gasteiger partial charge in [-0.2, -0.15) is 4.98 Å². The van der Waals surface area contributed by atoms with Gasteiger partial charge in [-0.05, 0) is 36.5 Å². The van der Waals surface area contributed by atoms with Gasteiger partial charge >= 0.3 is 0 Å². The zero-order chi connectivity index (χ0) is 21.6. The number of likely N-dealkylation sites (tertiary alicyclic amines) is 1. The highest BCUT2D eigenvalue weighted by molar-refractivity contribution is 7.99. The molecule has 0 N–H and O–H groups in total. The highest BCUT2D eigenvalue weighted by Crippen LogP contribution is 2.24. The molecule has 1 amide bonds. The lowest BCUT2D eigenvalue weighted by Gasteiger charge is -2.32. The number of thioether (sulfide) groups is 1. The van der Waals surface area contributed by atoms with Crippen LogP contribution in [0.4, 0.5) is 0 Å². The van der Waals surface area contributed by atoms with Gasteiger partial charge in [0.15, 0.2) is 0 Å². The summed E-state index contributed by atoms with van der Waals surface area (Å²) in [5.41, 5.74) is 1.65. The molecule has 1 fully saturated rings. The van der Waals surface area contributed by atoms with Crippen molar-refractivity contribution in [3.63, 3.8) is 0 Å². The van der Waals surface area contributed by atoms with Gasteiger partial charge in [0.05, 0.1) is 12.6 Å². The molecule has 1 aromatic carbocycles. The molecule has 3 heterocycles. The highest BCUT2D eigenvalue weighted by Gasteiger charge is 2.25. The molecule has 1 aliphatic heterocycles. The molecule has 0 radical (unpaired) electrons. The Hall–Kier alpha value is -2.74. The van der Waals surface area contributed by atoms with Crippen molar-refractivity contribution in [2.24, 2.45) is 5.92 Å². The molecule has 162 valence electrons. The highest BCUT2D eigenvalue weighted by atomic mass is 32.2. The predicted molar refractivity (Wildman–Crippen MR) is 119 cm³/mol. The van der Waals surface area contributed by atoms with E-state index in [2.05, 4.69) is 58.2 Å². The van der Waals surface area contributed by atoms with Gasteiger partial charge in [0.1, 0.15) is 5.69 Å². The van der Waals surface area contributed by atoms with E-state index in [4.69, 9.17) is 4.52 Å². The van der Waals surface area contributed by atoms with Crippen molar-refractivity contribution in [1.82, 2.24) is 25.0 Å². The van der Waals surface area contributed by atoms with Crippen LogP contribution in [0.1, 0.15) is 38.1 Å². The van der Waals surface area contributed by atoms with Gasteiger partial charge in [-0.15, -0.1) is 11.8 Å². The fourth-order valence-corrected chi connectivity index (χ4v) is 4.64. The van der Waals surface area contributed by atoms with Gasteiger partial charge in [0.2, 0.25) is 17.6 Å². The van der Waals surface area contributed by atoms with Crippen LogP contribution in [0, 0.1) is 5.92 Å². The lowest BCUT2D eigenvalue weighted by atomic mass is 9.94. The molecule has 2 aromatic heterocycles. The third-order valence-corrected chi connectivity index (χ3v) is 6.26. The lowest BCUT2D eigenvalue weighted by Crippen LogP contribution is -2.41. The molecule has 7 nitrogen and oxygen atoms in total. The second-order valence-corrected chi connectivity index (χ2v) is 9.79. The summed E-state index contributed by atoms with van der Waals surface area (Å²) in [6.45, 7) is 5.90. The number of carbonyl (C=O) groups is 1. The minimum absolute atomic E-state index is 0.180. The van der Waals surface area contributed by atoms with Crippen molar-refractivity contribution in [2.75, 3.05) is 13.1 Å². The van der Waals surface area contributed by atoms with E-state index in [1.807, 2.05) is 16.7 Å². The monoisotopic (exact) mass is 437 g/mol. The van der Waals surface area contributed by atoms with Crippen molar-refractivity contribution in [1.29, 1.82) is 0 Å². The first-order valence-electron chi connectivity index (χ1n) is 10.7. The molecule has 1 aliphatic rings. The molecule has 31 heavy (non-hydrogen) atoms. The number of benzene rings is 1. The maximum Gasteiger partial charge on any atom is 0.227 e. The van der Waals surface area contributed by atoms with Gasteiger partial charge in [0, 0.05) is 42.0 Å². The van der Waals surface area contributed by atoms with Crippen LogP contribution >= 0.6 is 11.8 Å². The fraction of sp³-hybridized carbons (Fsp3) is 0.435. The number of hydrogen-bond donors (Lipinski definition) is 0. The number of aromatic nitrogens is 4. The number of piperidine rings is 1. The topological polar surface area (TPSA) is 85.0 Å². The second-order valence-electron chi connectivity index (χ2n) is 8.14. The van der Waals surface area contributed by atoms with Crippen LogP contribution < -0.4 is 0 Å². The molecule has 0 unspecified atom stereocenters. The van der Waals surface area contributed by atoms with Crippen molar-refractivity contribution in [3.05, 3.63) is 54.3 Å². The zero-order valence-electron chi connectivity index (χ0n) is 17.9. The van der Waals surface area contributed by atoms with Crippen molar-refractivity contribution in [2.45, 2.75) is 49.7 Å². The van der Waals surface area contributed by atoms with Gasteiger partial charge < -0.3 is 9.42 Å². The van der Waals surface area contributed by atoms with Crippen LogP contribution in [0.3, 0.4) is 0 Å². The SMILES string of the molecule is CC(C)Sc1ccc(CC(=O)N2CCC[C@H](Cc3nc(-c4cnccn4)no3)C2)cc1. The Labute approximate surface area is 186 Å². The van der Waals surface area contributed by atoms with Gasteiger partial charge in [-0.25, -0.2) is 4.98 Å². The van der Waals surface area contributed by atoms with E-state index in [1.165, 1.54) is 4.90 Å². The molecular formula is C23H27N5O2S. The van der Waals surface area contributed by atoms with E-state index in [0.717, 1.165) is 31.5 Å². The molecule has 0 bridgehead atoms. The standard InChI is InChI=1S/C23H27N5O2S/c1-16(2)31-19-7-5-17(6-8-19)13-22(29)28-11-3-4-18(15-28)12-21-26-23(27-30-21)20-14-24-9-10-25-20/h5-10,14,16,18H,3-4,11-13,15H2,1-2H3/t18-/m1/s1. The summed E-state index contributed by atoms with van der Waals surface area (Å²) >= 11 is 1.83. The predicted octanol–water partition coefficient (Wildman–Crippen LogP) is 4.05. The number of carbonyl (C=O) groups excluding carboxylic acids is 1. The number of nitrogens with zero attached hydrogens (tertiary/aromatic N) is 5. The Morgan fingerprint density at radius 3 is 2.84 bits per heavy atom. The molecule has 8 heteroatoms. The number of rotatable bonds is 7. The van der Waals surface area contributed by atoms with Gasteiger partial charge in [0.25, 0.3) is 0 Å². The molecule has 0 saturated carbocycles. The fourth-order valence-electron chi connectivity index (χ4n) is 3.81. The second kappa shape index (κ2) is 10.0. The van der Waals surface area contributed by atoms with Crippen LogP contribution in [0.2, 0.25) is 0 Å². The van der Waals surface area contributed by atoms with E-state index in [-0.39, 0.29) is 5.91 Å². The minimum atomic E-state index is 0.180. The van der Waals surface area contributed by atoms with E-state index >= 15 is 0 Å². The Morgan fingerprint density at radius 2 is 2.10 bits per heavy atom. The largest absolute Gasteiger partial charge is 0.342 e. The van der Waals surface area contributed by atoms with Crippen LogP contribution in [0.15, 0.2) is 52.3 Å². The third kappa shape index (κ3) is 5.91. The molecular weight excluding hydrogens is 410 g/mol. The normalized spacial score (nSPS) is 16.6. The molecule has 0 aliphatic carbocycles. The average molecular weight is 438 g/mol.